The van der Waals surface area contributed by atoms with Gasteiger partial charge >= 0.3 is 12.1 Å². The Kier molecular flexibility index (Phi) is 14.9. The van der Waals surface area contributed by atoms with Crippen LogP contribution in [0.1, 0.15) is 59.8 Å². The van der Waals surface area contributed by atoms with Gasteiger partial charge in [-0.1, -0.05) is 0 Å². The summed E-state index contributed by atoms with van der Waals surface area (Å²) >= 11 is 0. The lowest BCUT2D eigenvalue weighted by molar-refractivity contribution is -0.137. The van der Waals surface area contributed by atoms with Crippen LogP contribution in [0.3, 0.4) is 0 Å². The third-order valence-electron chi connectivity index (χ3n) is 4.70. The molecule has 0 aliphatic rings. The van der Waals surface area contributed by atoms with E-state index in [1.165, 1.54) is 6.92 Å². The second kappa shape index (κ2) is 16.4. The molecular formula is C22H40N6O8. The molecule has 9 N–H and O–H groups in total. The van der Waals surface area contributed by atoms with Crippen molar-refractivity contribution in [1.29, 1.82) is 0 Å². The van der Waals surface area contributed by atoms with Gasteiger partial charge in [-0.2, -0.15) is 0 Å². The zero-order valence-corrected chi connectivity index (χ0v) is 21.3. The van der Waals surface area contributed by atoms with E-state index in [0.717, 1.165) is 0 Å². The Morgan fingerprint density at radius 1 is 0.889 bits per heavy atom. The zero-order valence-electron chi connectivity index (χ0n) is 21.3. The van der Waals surface area contributed by atoms with E-state index in [1.807, 2.05) is 0 Å². The van der Waals surface area contributed by atoms with E-state index in [-0.39, 0.29) is 18.7 Å². The molecule has 4 amide bonds. The molecule has 0 aliphatic carbocycles. The third kappa shape index (κ3) is 14.9. The van der Waals surface area contributed by atoms with Crippen LogP contribution < -0.4 is 32.7 Å². The lowest BCUT2D eigenvalue weighted by Gasteiger charge is -2.24. The molecule has 14 heteroatoms. The number of nitrogens with one attached hydrogen (secondary N) is 4. The highest BCUT2D eigenvalue weighted by atomic mass is 16.6. The predicted molar refractivity (Wildman–Crippen MR) is 130 cm³/mol. The van der Waals surface area contributed by atoms with Gasteiger partial charge in [-0.3, -0.25) is 24.0 Å². The van der Waals surface area contributed by atoms with E-state index in [9.17, 15) is 28.8 Å². The first-order valence-corrected chi connectivity index (χ1v) is 11.7. The fourth-order valence-corrected chi connectivity index (χ4v) is 2.88. The first kappa shape index (κ1) is 32.7. The van der Waals surface area contributed by atoms with Crippen molar-refractivity contribution in [2.24, 2.45) is 11.5 Å². The van der Waals surface area contributed by atoms with Gasteiger partial charge in [-0.05, 0) is 59.9 Å². The molecule has 0 fully saturated rings. The number of ether oxygens (including phenoxy) is 1. The third-order valence-corrected chi connectivity index (χ3v) is 4.70. The minimum Gasteiger partial charge on any atom is -0.481 e. The van der Waals surface area contributed by atoms with E-state index in [2.05, 4.69) is 21.3 Å². The standard InChI is InChI=1S/C22H40N6O8/c1-13(19(33)25-12-17(30)27-14(16(29)11-24)7-5-6-10-23)26-20(34)15(8-9-18(31)32)28-21(35)36-22(2,3)4/h13-15H,5-12,23-24H2,1-4H3,(H,25,33)(H,26,34)(H,27,30)(H,28,35)(H,31,32)/t13-,14-,15+/m0/s1. The lowest BCUT2D eigenvalue weighted by atomic mass is 10.1. The highest BCUT2D eigenvalue weighted by molar-refractivity contribution is 5.94. The summed E-state index contributed by atoms with van der Waals surface area (Å²) in [5.41, 5.74) is 9.98. The van der Waals surface area contributed by atoms with Gasteiger partial charge < -0.3 is 42.6 Å². The minimum atomic E-state index is -1.27. The minimum absolute atomic E-state index is 0.238. The number of carbonyl (C=O) groups is 6. The maximum atomic E-state index is 12.6. The number of rotatable bonds is 16. The molecule has 0 spiro atoms. The van der Waals surface area contributed by atoms with Gasteiger partial charge in [0.2, 0.25) is 17.7 Å². The molecule has 0 aromatic carbocycles. The zero-order chi connectivity index (χ0) is 27.9. The highest BCUT2D eigenvalue weighted by Crippen LogP contribution is 2.08. The van der Waals surface area contributed by atoms with Crippen LogP contribution in [0.25, 0.3) is 0 Å². The summed E-state index contributed by atoms with van der Waals surface area (Å²) in [6, 6.07) is -3.19. The fraction of sp³-hybridized carbons (Fsp3) is 0.727. The number of carboxylic acid groups (broad SMARTS) is 1. The number of aliphatic carboxylic acids is 1. The maximum Gasteiger partial charge on any atom is 0.408 e. The topological polar surface area (TPSA) is 232 Å². The van der Waals surface area contributed by atoms with Crippen LogP contribution in [0.4, 0.5) is 4.79 Å². The largest absolute Gasteiger partial charge is 0.481 e. The average Bonchev–Trinajstić information content (AvgIpc) is 2.77. The van der Waals surface area contributed by atoms with Crippen LogP contribution in [-0.4, -0.2) is 84.0 Å². The van der Waals surface area contributed by atoms with Crippen molar-refractivity contribution < 1.29 is 38.6 Å². The number of nitrogens with two attached hydrogens (primary N) is 2. The van der Waals surface area contributed by atoms with E-state index in [4.69, 9.17) is 21.3 Å². The molecule has 0 radical (unpaired) electrons. The Balaban J connectivity index is 4.91. The number of carbonyl (C=O) groups excluding carboxylic acids is 5. The number of unbranched alkanes of at least 4 members (excludes halogenated alkanes) is 1. The number of ketones is 1. The molecule has 14 nitrogen and oxygen atoms in total. The summed E-state index contributed by atoms with van der Waals surface area (Å²) in [6.45, 7) is 5.95. The summed E-state index contributed by atoms with van der Waals surface area (Å²) in [5.74, 6) is -3.66. The summed E-state index contributed by atoms with van der Waals surface area (Å²) in [4.78, 5) is 72.0. The molecule has 0 saturated carbocycles. The summed E-state index contributed by atoms with van der Waals surface area (Å²) in [7, 11) is 0. The fourth-order valence-electron chi connectivity index (χ4n) is 2.88. The molecule has 36 heavy (non-hydrogen) atoms. The number of amides is 4. The quantitative estimate of drug-likeness (QED) is 0.117. The average molecular weight is 517 g/mol. The van der Waals surface area contributed by atoms with E-state index < -0.39 is 66.5 Å². The normalized spacial score (nSPS) is 13.5. The highest BCUT2D eigenvalue weighted by Gasteiger charge is 2.27. The Hall–Kier alpha value is -3.26. The Morgan fingerprint density at radius 2 is 1.53 bits per heavy atom. The van der Waals surface area contributed by atoms with E-state index in [0.29, 0.717) is 25.8 Å². The second-order valence-corrected chi connectivity index (χ2v) is 9.15. The van der Waals surface area contributed by atoms with Crippen molar-refractivity contribution >= 4 is 35.6 Å². The van der Waals surface area contributed by atoms with E-state index >= 15 is 0 Å². The molecule has 0 unspecified atom stereocenters. The van der Waals surface area contributed by atoms with E-state index in [1.54, 1.807) is 20.8 Å². The molecule has 0 saturated heterocycles. The molecule has 0 aromatic heterocycles. The Morgan fingerprint density at radius 3 is 2.06 bits per heavy atom. The van der Waals surface area contributed by atoms with Crippen molar-refractivity contribution in [1.82, 2.24) is 21.3 Å². The van der Waals surface area contributed by atoms with Crippen LogP contribution in [0.5, 0.6) is 0 Å². The SMILES string of the molecule is C[C@H](NC(=O)[C@@H](CCC(=O)O)NC(=O)OC(C)(C)C)C(=O)NCC(=O)N[C@@H](CCCCN)C(=O)CN. The summed E-state index contributed by atoms with van der Waals surface area (Å²) < 4.78 is 5.09. The first-order valence-electron chi connectivity index (χ1n) is 11.7. The smallest absolute Gasteiger partial charge is 0.408 e. The van der Waals surface area contributed by atoms with Crippen molar-refractivity contribution in [3.05, 3.63) is 0 Å². The predicted octanol–water partition coefficient (Wildman–Crippen LogP) is -1.49. The Labute approximate surface area is 210 Å². The maximum absolute atomic E-state index is 12.6. The van der Waals surface area contributed by atoms with Crippen LogP contribution in [-0.2, 0) is 28.7 Å². The molecule has 206 valence electrons. The van der Waals surface area contributed by atoms with Crippen molar-refractivity contribution in [3.8, 4) is 0 Å². The second-order valence-electron chi connectivity index (χ2n) is 9.15. The lowest BCUT2D eigenvalue weighted by Crippen LogP contribution is -2.54. The van der Waals surface area contributed by atoms with Gasteiger partial charge in [0.25, 0.3) is 0 Å². The van der Waals surface area contributed by atoms with Gasteiger partial charge in [-0.25, -0.2) is 4.79 Å². The number of hydrogen-bond acceptors (Lipinski definition) is 9. The van der Waals surface area contributed by atoms with Gasteiger partial charge in [-0.15, -0.1) is 0 Å². The van der Waals surface area contributed by atoms with Crippen LogP contribution in [0.15, 0.2) is 0 Å². The number of carboxylic acids is 1. The molecule has 0 heterocycles. The van der Waals surface area contributed by atoms with Crippen molar-refractivity contribution in [2.45, 2.75) is 83.5 Å². The molecule has 0 bridgehead atoms. The van der Waals surface area contributed by atoms with Gasteiger partial charge in [0, 0.05) is 6.42 Å². The molecule has 0 rings (SSSR count). The molecule has 0 aliphatic heterocycles. The van der Waals surface area contributed by atoms with Crippen molar-refractivity contribution in [2.75, 3.05) is 19.6 Å². The van der Waals surface area contributed by atoms with Gasteiger partial charge in [0.1, 0.15) is 17.7 Å². The number of alkyl carbamates (subject to hydrolysis) is 1. The summed E-state index contributed by atoms with van der Waals surface area (Å²) in [6.07, 6.45) is 0.0782. The van der Waals surface area contributed by atoms with Crippen molar-refractivity contribution in [3.63, 3.8) is 0 Å². The van der Waals surface area contributed by atoms with Crippen LogP contribution in [0, 0.1) is 0 Å². The molecule has 3 atom stereocenters. The first-order chi connectivity index (χ1) is 16.7. The summed E-state index contributed by atoms with van der Waals surface area (Å²) in [5, 5.41) is 18.5. The monoisotopic (exact) mass is 516 g/mol. The number of hydrogen-bond donors (Lipinski definition) is 7. The van der Waals surface area contributed by atoms with Gasteiger partial charge in [0.15, 0.2) is 5.78 Å². The van der Waals surface area contributed by atoms with Crippen LogP contribution >= 0.6 is 0 Å². The molecule has 0 aromatic rings. The molecular weight excluding hydrogens is 476 g/mol. The van der Waals surface area contributed by atoms with Gasteiger partial charge in [0.05, 0.1) is 19.1 Å². The number of Topliss-reactive ketones (excluding diaryl/α,β-unsaturated/α-hetero) is 1. The Bertz CT molecular complexity index is 783. The van der Waals surface area contributed by atoms with Crippen LogP contribution in [0.2, 0.25) is 0 Å².